The summed E-state index contributed by atoms with van der Waals surface area (Å²) in [5, 5.41) is 0. The normalized spacial score (nSPS) is 13.4. The molecular formula is C11H25NO. The van der Waals surface area contributed by atoms with Gasteiger partial charge in [0.1, 0.15) is 0 Å². The van der Waals surface area contributed by atoms with Gasteiger partial charge in [0.2, 0.25) is 0 Å². The van der Waals surface area contributed by atoms with Crippen molar-refractivity contribution in [2.75, 3.05) is 13.2 Å². The van der Waals surface area contributed by atoms with E-state index in [1.807, 2.05) is 0 Å². The SMILES string of the molecule is CCCC(C)(C)OCC(C)(C)CN. The van der Waals surface area contributed by atoms with Crippen LogP contribution in [0.4, 0.5) is 0 Å². The molecule has 0 fully saturated rings. The summed E-state index contributed by atoms with van der Waals surface area (Å²) < 4.78 is 5.85. The van der Waals surface area contributed by atoms with E-state index in [0.717, 1.165) is 19.4 Å². The summed E-state index contributed by atoms with van der Waals surface area (Å²) in [6, 6.07) is 0. The first-order valence-electron chi connectivity index (χ1n) is 5.17. The average molecular weight is 187 g/mol. The smallest absolute Gasteiger partial charge is 0.0626 e. The van der Waals surface area contributed by atoms with E-state index in [4.69, 9.17) is 10.5 Å². The van der Waals surface area contributed by atoms with Crippen LogP contribution in [0.1, 0.15) is 47.5 Å². The summed E-state index contributed by atoms with van der Waals surface area (Å²) in [4.78, 5) is 0. The van der Waals surface area contributed by atoms with Gasteiger partial charge in [0, 0.05) is 5.41 Å². The first-order valence-corrected chi connectivity index (χ1v) is 5.17. The molecule has 2 nitrogen and oxygen atoms in total. The van der Waals surface area contributed by atoms with Crippen molar-refractivity contribution in [2.45, 2.75) is 53.1 Å². The summed E-state index contributed by atoms with van der Waals surface area (Å²) in [5.41, 5.74) is 5.73. The van der Waals surface area contributed by atoms with Crippen LogP contribution >= 0.6 is 0 Å². The highest BCUT2D eigenvalue weighted by Crippen LogP contribution is 2.21. The van der Waals surface area contributed by atoms with Crippen LogP contribution in [0.2, 0.25) is 0 Å². The Balaban J connectivity index is 3.86. The molecule has 0 amide bonds. The standard InChI is InChI=1S/C11H25NO/c1-6-7-11(4,5)13-9-10(2,3)8-12/h6-9,12H2,1-5H3. The van der Waals surface area contributed by atoms with Crippen molar-refractivity contribution >= 4 is 0 Å². The molecule has 2 N–H and O–H groups in total. The van der Waals surface area contributed by atoms with Crippen molar-refractivity contribution in [1.29, 1.82) is 0 Å². The lowest BCUT2D eigenvalue weighted by atomic mass is 9.94. The fourth-order valence-corrected chi connectivity index (χ4v) is 1.12. The van der Waals surface area contributed by atoms with Gasteiger partial charge >= 0.3 is 0 Å². The molecule has 0 atom stereocenters. The molecule has 0 aromatic heterocycles. The van der Waals surface area contributed by atoms with Crippen molar-refractivity contribution in [3.63, 3.8) is 0 Å². The van der Waals surface area contributed by atoms with E-state index in [2.05, 4.69) is 34.6 Å². The van der Waals surface area contributed by atoms with Gasteiger partial charge in [0.15, 0.2) is 0 Å². The molecule has 0 heterocycles. The average Bonchev–Trinajstić information content (AvgIpc) is 2.02. The molecule has 0 rings (SSSR count). The van der Waals surface area contributed by atoms with Gasteiger partial charge < -0.3 is 10.5 Å². The van der Waals surface area contributed by atoms with Crippen LogP contribution in [-0.2, 0) is 4.74 Å². The number of hydrogen-bond donors (Lipinski definition) is 1. The van der Waals surface area contributed by atoms with Crippen molar-refractivity contribution in [3.05, 3.63) is 0 Å². The largest absolute Gasteiger partial charge is 0.375 e. The van der Waals surface area contributed by atoms with Gasteiger partial charge in [-0.05, 0) is 26.8 Å². The van der Waals surface area contributed by atoms with Crippen LogP contribution in [0, 0.1) is 5.41 Å². The lowest BCUT2D eigenvalue weighted by Gasteiger charge is -2.31. The Morgan fingerprint density at radius 3 is 2.08 bits per heavy atom. The van der Waals surface area contributed by atoms with E-state index in [1.54, 1.807) is 0 Å². The highest BCUT2D eigenvalue weighted by molar-refractivity contribution is 4.73. The summed E-state index contributed by atoms with van der Waals surface area (Å²) in [7, 11) is 0. The summed E-state index contributed by atoms with van der Waals surface area (Å²) in [6.45, 7) is 12.2. The molecule has 0 unspecified atom stereocenters. The Kier molecular flexibility index (Phi) is 4.93. The maximum absolute atomic E-state index is 5.85. The first-order chi connectivity index (χ1) is 5.83. The fourth-order valence-electron chi connectivity index (χ4n) is 1.12. The number of rotatable bonds is 6. The first kappa shape index (κ1) is 12.9. The van der Waals surface area contributed by atoms with Gasteiger partial charge in [0.05, 0.1) is 12.2 Å². The quantitative estimate of drug-likeness (QED) is 0.693. The van der Waals surface area contributed by atoms with Gasteiger partial charge in [-0.15, -0.1) is 0 Å². The second kappa shape index (κ2) is 4.97. The van der Waals surface area contributed by atoms with Crippen LogP contribution < -0.4 is 5.73 Å². The van der Waals surface area contributed by atoms with Crippen LogP contribution in [0.5, 0.6) is 0 Å². The molecule has 13 heavy (non-hydrogen) atoms. The lowest BCUT2D eigenvalue weighted by Crippen LogP contribution is -2.34. The minimum atomic E-state index is 0.00118. The number of nitrogens with two attached hydrogens (primary N) is 1. The van der Waals surface area contributed by atoms with Crippen LogP contribution in [0.15, 0.2) is 0 Å². The number of hydrogen-bond acceptors (Lipinski definition) is 2. The Morgan fingerprint density at radius 1 is 1.15 bits per heavy atom. The molecule has 0 spiro atoms. The van der Waals surface area contributed by atoms with Crippen molar-refractivity contribution < 1.29 is 4.74 Å². The molecule has 2 heteroatoms. The lowest BCUT2D eigenvalue weighted by molar-refractivity contribution is -0.0573. The second-order valence-electron chi connectivity index (χ2n) is 5.17. The van der Waals surface area contributed by atoms with E-state index < -0.39 is 0 Å². The molecule has 0 aliphatic rings. The highest BCUT2D eigenvalue weighted by Gasteiger charge is 2.22. The third kappa shape index (κ3) is 6.05. The van der Waals surface area contributed by atoms with E-state index in [-0.39, 0.29) is 11.0 Å². The third-order valence-electron chi connectivity index (χ3n) is 2.26. The summed E-state index contributed by atoms with van der Waals surface area (Å²) in [5.74, 6) is 0. The van der Waals surface area contributed by atoms with Gasteiger partial charge in [-0.2, -0.15) is 0 Å². The zero-order valence-corrected chi connectivity index (χ0v) is 9.81. The van der Waals surface area contributed by atoms with E-state index in [1.165, 1.54) is 0 Å². The predicted molar refractivity (Wildman–Crippen MR) is 57.8 cm³/mol. The van der Waals surface area contributed by atoms with E-state index in [9.17, 15) is 0 Å². The third-order valence-corrected chi connectivity index (χ3v) is 2.26. The minimum Gasteiger partial charge on any atom is -0.375 e. The summed E-state index contributed by atoms with van der Waals surface area (Å²) >= 11 is 0. The molecule has 0 radical (unpaired) electrons. The van der Waals surface area contributed by atoms with Crippen molar-refractivity contribution in [1.82, 2.24) is 0 Å². The minimum absolute atomic E-state index is 0.00118. The molecule has 0 aliphatic heterocycles. The molecule has 0 bridgehead atoms. The monoisotopic (exact) mass is 187 g/mol. The zero-order valence-electron chi connectivity index (χ0n) is 9.81. The second-order valence-corrected chi connectivity index (χ2v) is 5.17. The Labute approximate surface area is 82.8 Å². The molecule has 0 saturated carbocycles. The predicted octanol–water partition coefficient (Wildman–Crippen LogP) is 2.57. The van der Waals surface area contributed by atoms with Gasteiger partial charge in [-0.25, -0.2) is 0 Å². The molecule has 0 aromatic rings. The van der Waals surface area contributed by atoms with Crippen molar-refractivity contribution in [3.8, 4) is 0 Å². The fraction of sp³-hybridized carbons (Fsp3) is 1.00. The summed E-state index contributed by atoms with van der Waals surface area (Å²) in [6.07, 6.45) is 2.27. The van der Waals surface area contributed by atoms with Crippen LogP contribution in [0.25, 0.3) is 0 Å². The number of ether oxygens (including phenoxy) is 1. The zero-order chi connectivity index (χ0) is 10.5. The topological polar surface area (TPSA) is 35.2 Å². The Hall–Kier alpha value is -0.0800. The maximum atomic E-state index is 5.85. The van der Waals surface area contributed by atoms with Crippen LogP contribution in [-0.4, -0.2) is 18.8 Å². The highest BCUT2D eigenvalue weighted by atomic mass is 16.5. The van der Waals surface area contributed by atoms with Crippen LogP contribution in [0.3, 0.4) is 0 Å². The van der Waals surface area contributed by atoms with E-state index >= 15 is 0 Å². The molecule has 0 aromatic carbocycles. The van der Waals surface area contributed by atoms with E-state index in [0.29, 0.717) is 6.54 Å². The Bertz CT molecular complexity index is 141. The Morgan fingerprint density at radius 2 is 1.69 bits per heavy atom. The molecule has 80 valence electrons. The van der Waals surface area contributed by atoms with Gasteiger partial charge in [-0.1, -0.05) is 27.2 Å². The molecule has 0 aliphatic carbocycles. The molecular weight excluding hydrogens is 162 g/mol. The molecule has 0 saturated heterocycles. The van der Waals surface area contributed by atoms with Crippen molar-refractivity contribution in [2.24, 2.45) is 11.1 Å². The van der Waals surface area contributed by atoms with Gasteiger partial charge in [0.25, 0.3) is 0 Å². The van der Waals surface area contributed by atoms with Gasteiger partial charge in [-0.3, -0.25) is 0 Å². The maximum Gasteiger partial charge on any atom is 0.0626 e.